The third kappa shape index (κ3) is 2.72. The molecule has 0 radical (unpaired) electrons. The van der Waals surface area contributed by atoms with Crippen molar-refractivity contribution < 1.29 is 14.3 Å². The van der Waals surface area contributed by atoms with Crippen molar-refractivity contribution in [3.05, 3.63) is 29.3 Å². The second-order valence-electron chi connectivity index (χ2n) is 4.32. The second kappa shape index (κ2) is 4.96. The molecule has 0 N–H and O–H groups in total. The van der Waals surface area contributed by atoms with Gasteiger partial charge in [-0.15, -0.1) is 0 Å². The molecule has 1 aromatic carbocycles. The average molecular weight is 255 g/mol. The molecule has 2 rings (SSSR count). The number of esters is 1. The van der Waals surface area contributed by atoms with Gasteiger partial charge in [0.1, 0.15) is 11.4 Å². The molecule has 0 amide bonds. The van der Waals surface area contributed by atoms with E-state index in [9.17, 15) is 4.79 Å². The van der Waals surface area contributed by atoms with Crippen LogP contribution in [-0.4, -0.2) is 18.7 Å². The Balaban J connectivity index is 2.10. The van der Waals surface area contributed by atoms with E-state index in [2.05, 4.69) is 0 Å². The van der Waals surface area contributed by atoms with Gasteiger partial charge in [-0.05, 0) is 31.4 Å². The lowest BCUT2D eigenvalue weighted by Crippen LogP contribution is -2.45. The van der Waals surface area contributed by atoms with Crippen LogP contribution in [0, 0.1) is 0 Å². The number of ether oxygens (including phenoxy) is 2. The summed E-state index contributed by atoms with van der Waals surface area (Å²) in [6.07, 6.45) is 3.09. The first kappa shape index (κ1) is 12.2. The fraction of sp³-hybridized carbons (Fsp3) is 0.462. The zero-order valence-corrected chi connectivity index (χ0v) is 10.5. The molecule has 1 fully saturated rings. The molecule has 17 heavy (non-hydrogen) atoms. The van der Waals surface area contributed by atoms with Gasteiger partial charge in [0.05, 0.1) is 18.6 Å². The first-order valence-electron chi connectivity index (χ1n) is 5.66. The van der Waals surface area contributed by atoms with Crippen molar-refractivity contribution in [2.75, 3.05) is 7.11 Å². The fourth-order valence-corrected chi connectivity index (χ4v) is 2.16. The number of carbonyl (C=O) groups excluding carboxylic acids is 1. The maximum Gasteiger partial charge on any atom is 0.309 e. The number of hydrogen-bond donors (Lipinski definition) is 0. The monoisotopic (exact) mass is 254 g/mol. The standard InChI is InChI=1S/C13H15ClO3/c1-16-12(15)9-13(7-4-8-13)17-11-6-3-2-5-10(11)14/h2-3,5-6H,4,7-9H2,1H3. The number of methoxy groups -OCH3 is 1. The molecule has 0 bridgehead atoms. The Bertz CT molecular complexity index is 413. The van der Waals surface area contributed by atoms with Gasteiger partial charge in [0.25, 0.3) is 0 Å². The molecular weight excluding hydrogens is 240 g/mol. The number of benzene rings is 1. The summed E-state index contributed by atoms with van der Waals surface area (Å²) in [6, 6.07) is 7.32. The molecule has 1 aliphatic rings. The number of carbonyl (C=O) groups is 1. The number of halogens is 1. The normalized spacial score (nSPS) is 17.1. The number of para-hydroxylation sites is 1. The highest BCUT2D eigenvalue weighted by Crippen LogP contribution is 2.41. The minimum absolute atomic E-state index is 0.239. The zero-order chi connectivity index (χ0) is 12.3. The quantitative estimate of drug-likeness (QED) is 0.774. The van der Waals surface area contributed by atoms with Crippen LogP contribution in [0.2, 0.25) is 5.02 Å². The Kier molecular flexibility index (Phi) is 3.57. The largest absolute Gasteiger partial charge is 0.485 e. The Morgan fingerprint density at radius 2 is 2.12 bits per heavy atom. The van der Waals surface area contributed by atoms with Crippen LogP contribution < -0.4 is 4.74 Å². The molecule has 3 nitrogen and oxygen atoms in total. The number of hydrogen-bond acceptors (Lipinski definition) is 3. The van der Waals surface area contributed by atoms with E-state index in [1.54, 1.807) is 6.07 Å². The average Bonchev–Trinajstić information content (AvgIpc) is 2.28. The summed E-state index contributed by atoms with van der Waals surface area (Å²) < 4.78 is 10.6. The van der Waals surface area contributed by atoms with Crippen molar-refractivity contribution >= 4 is 17.6 Å². The first-order chi connectivity index (χ1) is 8.15. The summed E-state index contributed by atoms with van der Waals surface area (Å²) in [5.41, 5.74) is -0.419. The SMILES string of the molecule is COC(=O)CC1(Oc2ccccc2Cl)CCC1. The molecule has 1 aliphatic carbocycles. The van der Waals surface area contributed by atoms with Gasteiger partial charge in [0, 0.05) is 0 Å². The molecule has 4 heteroatoms. The summed E-state index contributed by atoms with van der Waals surface area (Å²) in [5.74, 6) is 0.398. The highest BCUT2D eigenvalue weighted by molar-refractivity contribution is 6.32. The van der Waals surface area contributed by atoms with E-state index < -0.39 is 5.60 Å². The summed E-state index contributed by atoms with van der Waals surface area (Å²) >= 11 is 6.04. The van der Waals surface area contributed by atoms with Gasteiger partial charge >= 0.3 is 5.97 Å². The third-order valence-electron chi connectivity index (χ3n) is 3.12. The lowest BCUT2D eigenvalue weighted by atomic mass is 9.77. The highest BCUT2D eigenvalue weighted by atomic mass is 35.5. The van der Waals surface area contributed by atoms with Crippen LogP contribution >= 0.6 is 11.6 Å². The molecular formula is C13H15ClO3. The van der Waals surface area contributed by atoms with Gasteiger partial charge in [-0.3, -0.25) is 4.79 Å². The molecule has 0 spiro atoms. The Morgan fingerprint density at radius 1 is 1.41 bits per heavy atom. The maximum absolute atomic E-state index is 11.4. The number of rotatable bonds is 4. The molecule has 1 saturated carbocycles. The predicted molar refractivity (Wildman–Crippen MR) is 65.3 cm³/mol. The lowest BCUT2D eigenvalue weighted by molar-refractivity contribution is -0.148. The molecule has 0 unspecified atom stereocenters. The zero-order valence-electron chi connectivity index (χ0n) is 9.74. The molecule has 0 aromatic heterocycles. The Labute approximate surface area is 106 Å². The lowest BCUT2D eigenvalue weighted by Gasteiger charge is -2.41. The predicted octanol–water partition coefficient (Wildman–Crippen LogP) is 3.20. The fourth-order valence-electron chi connectivity index (χ4n) is 1.98. The summed E-state index contributed by atoms with van der Waals surface area (Å²) in [4.78, 5) is 11.4. The first-order valence-corrected chi connectivity index (χ1v) is 6.03. The molecule has 0 heterocycles. The molecule has 0 aliphatic heterocycles. The van der Waals surface area contributed by atoms with Crippen LogP contribution in [-0.2, 0) is 9.53 Å². The second-order valence-corrected chi connectivity index (χ2v) is 4.73. The molecule has 0 saturated heterocycles. The highest BCUT2D eigenvalue weighted by Gasteiger charge is 2.42. The topological polar surface area (TPSA) is 35.5 Å². The Hall–Kier alpha value is -1.22. The van der Waals surface area contributed by atoms with Crippen molar-refractivity contribution in [1.29, 1.82) is 0 Å². The minimum Gasteiger partial charge on any atom is -0.485 e. The maximum atomic E-state index is 11.4. The van der Waals surface area contributed by atoms with E-state index in [1.165, 1.54) is 7.11 Å². The Morgan fingerprint density at radius 3 is 2.65 bits per heavy atom. The molecule has 0 atom stereocenters. The van der Waals surface area contributed by atoms with Gasteiger partial charge in [0.15, 0.2) is 0 Å². The van der Waals surface area contributed by atoms with Gasteiger partial charge < -0.3 is 9.47 Å². The summed E-state index contributed by atoms with van der Waals surface area (Å²) in [6.45, 7) is 0. The van der Waals surface area contributed by atoms with Crippen molar-refractivity contribution in [2.45, 2.75) is 31.3 Å². The van der Waals surface area contributed by atoms with Crippen molar-refractivity contribution in [3.63, 3.8) is 0 Å². The smallest absolute Gasteiger partial charge is 0.309 e. The summed E-state index contributed by atoms with van der Waals surface area (Å²) in [7, 11) is 1.39. The van der Waals surface area contributed by atoms with Crippen LogP contribution in [0.15, 0.2) is 24.3 Å². The van der Waals surface area contributed by atoms with E-state index in [4.69, 9.17) is 21.1 Å². The van der Waals surface area contributed by atoms with Gasteiger partial charge in [-0.25, -0.2) is 0 Å². The minimum atomic E-state index is -0.419. The van der Waals surface area contributed by atoms with Gasteiger partial charge in [0.2, 0.25) is 0 Å². The van der Waals surface area contributed by atoms with Crippen molar-refractivity contribution in [1.82, 2.24) is 0 Å². The third-order valence-corrected chi connectivity index (χ3v) is 3.43. The van der Waals surface area contributed by atoms with E-state index in [0.29, 0.717) is 10.8 Å². The molecule has 92 valence electrons. The van der Waals surface area contributed by atoms with Crippen LogP contribution in [0.1, 0.15) is 25.7 Å². The van der Waals surface area contributed by atoms with Crippen LogP contribution in [0.5, 0.6) is 5.75 Å². The van der Waals surface area contributed by atoms with Crippen LogP contribution in [0.3, 0.4) is 0 Å². The summed E-state index contributed by atoms with van der Waals surface area (Å²) in [5, 5.41) is 0.573. The van der Waals surface area contributed by atoms with E-state index in [-0.39, 0.29) is 12.4 Å². The van der Waals surface area contributed by atoms with E-state index in [1.807, 2.05) is 18.2 Å². The van der Waals surface area contributed by atoms with Crippen LogP contribution in [0.25, 0.3) is 0 Å². The molecule has 1 aromatic rings. The van der Waals surface area contributed by atoms with Crippen molar-refractivity contribution in [2.24, 2.45) is 0 Å². The van der Waals surface area contributed by atoms with E-state index in [0.717, 1.165) is 19.3 Å². The van der Waals surface area contributed by atoms with Crippen LogP contribution in [0.4, 0.5) is 0 Å². The van der Waals surface area contributed by atoms with E-state index >= 15 is 0 Å². The van der Waals surface area contributed by atoms with Gasteiger partial charge in [-0.2, -0.15) is 0 Å². The van der Waals surface area contributed by atoms with Gasteiger partial charge in [-0.1, -0.05) is 23.7 Å². The van der Waals surface area contributed by atoms with Crippen molar-refractivity contribution in [3.8, 4) is 5.75 Å².